The maximum absolute atomic E-state index is 16.6. The molecule has 1 fully saturated rings. The van der Waals surface area contributed by atoms with Crippen molar-refractivity contribution >= 4 is 34.1 Å². The zero-order chi connectivity index (χ0) is 33.9. The first kappa shape index (κ1) is 31.8. The number of halogens is 1. The van der Waals surface area contributed by atoms with Crippen LogP contribution >= 0.6 is 0 Å². The standard InChI is InChI=1S/C35H36FN9O4.H2/c1-48-30-9-3-8-29(40-30)42-16-18-43(19-17-42)35(47)28-21-27-26(24-7-4-11-37-34(24)49-2)20-25(32(36)33(27)39-28)23-6-5-13-44(22-23)31(46)10-14-45-15-12-38-41-45;/h3-4,6-9,11-12,15,20-21,39H,5,10,13-14,16-19,22H2,1-2H3;1H. The molecule has 0 aliphatic carbocycles. The summed E-state index contributed by atoms with van der Waals surface area (Å²) in [4.78, 5) is 44.7. The molecule has 13 nitrogen and oxygen atoms in total. The van der Waals surface area contributed by atoms with Crippen molar-refractivity contribution in [2.75, 3.05) is 58.4 Å². The van der Waals surface area contributed by atoms with Gasteiger partial charge in [-0.15, -0.1) is 5.10 Å². The Morgan fingerprint density at radius 2 is 1.82 bits per heavy atom. The Kier molecular flexibility index (Phi) is 8.92. The normalized spacial score (nSPS) is 15.0. The fourth-order valence-corrected chi connectivity index (χ4v) is 6.47. The molecule has 0 radical (unpaired) electrons. The number of H-pyrrole nitrogens is 1. The fourth-order valence-electron chi connectivity index (χ4n) is 6.47. The first-order chi connectivity index (χ1) is 23.9. The van der Waals surface area contributed by atoms with Gasteiger partial charge in [-0.05, 0) is 47.9 Å². The molecule has 0 bridgehead atoms. The van der Waals surface area contributed by atoms with Gasteiger partial charge < -0.3 is 29.2 Å². The number of benzene rings is 1. The highest BCUT2D eigenvalue weighted by atomic mass is 19.1. The second-order valence-electron chi connectivity index (χ2n) is 11.9. The number of methoxy groups -OCH3 is 2. The van der Waals surface area contributed by atoms with Crippen molar-refractivity contribution < 1.29 is 24.9 Å². The van der Waals surface area contributed by atoms with Gasteiger partial charge in [-0.2, -0.15) is 4.98 Å². The Bertz CT molecular complexity index is 2030. The summed E-state index contributed by atoms with van der Waals surface area (Å²) in [6.07, 6.45) is 7.72. The predicted octanol–water partition coefficient (Wildman–Crippen LogP) is 4.29. The van der Waals surface area contributed by atoms with Gasteiger partial charge in [-0.25, -0.2) is 9.37 Å². The van der Waals surface area contributed by atoms with Gasteiger partial charge in [0.2, 0.25) is 17.7 Å². The third kappa shape index (κ3) is 6.41. The van der Waals surface area contributed by atoms with E-state index in [9.17, 15) is 9.59 Å². The number of hydrogen-bond donors (Lipinski definition) is 1. The summed E-state index contributed by atoms with van der Waals surface area (Å²) in [5.41, 5.74) is 2.85. The summed E-state index contributed by atoms with van der Waals surface area (Å²) < 4.78 is 29.1. The molecular formula is C35H38FN9O4. The largest absolute Gasteiger partial charge is 0.481 e. The lowest BCUT2D eigenvalue weighted by Gasteiger charge is -2.35. The smallest absolute Gasteiger partial charge is 0.270 e. The number of anilines is 1. The van der Waals surface area contributed by atoms with Crippen LogP contribution in [0.5, 0.6) is 11.8 Å². The van der Waals surface area contributed by atoms with Crippen molar-refractivity contribution in [1.82, 2.24) is 39.7 Å². The SMILES string of the molecule is COc1cccc(N2CCN(C(=O)c3cc4c(-c5cccnc5OC)cc(C5=CCCN(C(=O)CCn6ccnn6)C5)c(F)c4[nH]3)CC2)n1.[HH]. The third-order valence-corrected chi connectivity index (χ3v) is 9.02. The second kappa shape index (κ2) is 13.7. The molecule has 49 heavy (non-hydrogen) atoms. The van der Waals surface area contributed by atoms with Crippen LogP contribution in [0.15, 0.2) is 67.1 Å². The van der Waals surface area contributed by atoms with E-state index in [1.54, 1.807) is 64.4 Å². The Labute approximate surface area is 283 Å². The van der Waals surface area contributed by atoms with Crippen molar-refractivity contribution in [3.8, 4) is 22.9 Å². The Hall–Kier alpha value is -5.79. The van der Waals surface area contributed by atoms with Gasteiger partial charge in [-0.3, -0.25) is 14.3 Å². The van der Waals surface area contributed by atoms with E-state index in [1.165, 1.54) is 7.11 Å². The monoisotopic (exact) mass is 667 g/mol. The van der Waals surface area contributed by atoms with Crippen LogP contribution in [0.1, 0.15) is 30.3 Å². The molecule has 0 atom stereocenters. The van der Waals surface area contributed by atoms with Gasteiger partial charge in [0.15, 0.2) is 5.82 Å². The van der Waals surface area contributed by atoms with Gasteiger partial charge in [-0.1, -0.05) is 17.4 Å². The molecule has 254 valence electrons. The summed E-state index contributed by atoms with van der Waals surface area (Å²) >= 11 is 0. The second-order valence-corrected chi connectivity index (χ2v) is 11.9. The molecule has 5 aromatic rings. The summed E-state index contributed by atoms with van der Waals surface area (Å²) in [7, 11) is 3.11. The number of amides is 2. The highest BCUT2D eigenvalue weighted by Gasteiger charge is 2.28. The third-order valence-electron chi connectivity index (χ3n) is 9.02. The Morgan fingerprint density at radius 3 is 2.59 bits per heavy atom. The number of pyridine rings is 2. The fraction of sp³-hybridized carbons (Fsp3) is 0.314. The minimum absolute atomic E-state index is 0. The van der Waals surface area contributed by atoms with Crippen molar-refractivity contribution in [2.24, 2.45) is 0 Å². The molecule has 1 saturated heterocycles. The molecule has 0 spiro atoms. The van der Waals surface area contributed by atoms with Crippen LogP contribution in [0, 0.1) is 5.82 Å². The molecule has 2 aliphatic heterocycles. The minimum Gasteiger partial charge on any atom is -0.481 e. The number of nitrogens with zero attached hydrogens (tertiary/aromatic N) is 8. The number of aromatic amines is 1. The zero-order valence-corrected chi connectivity index (χ0v) is 27.3. The average molecular weight is 668 g/mol. The summed E-state index contributed by atoms with van der Waals surface area (Å²) in [6, 6.07) is 12.7. The van der Waals surface area contributed by atoms with Crippen LogP contribution in [0.3, 0.4) is 0 Å². The zero-order valence-electron chi connectivity index (χ0n) is 27.3. The van der Waals surface area contributed by atoms with Crippen LogP contribution in [-0.2, 0) is 11.3 Å². The molecule has 1 aromatic carbocycles. The Balaban J connectivity index is 0.00000432. The number of aryl methyl sites for hydroxylation is 1. The quantitative estimate of drug-likeness (QED) is 0.244. The maximum atomic E-state index is 16.6. The topological polar surface area (TPSA) is 135 Å². The molecule has 1 N–H and O–H groups in total. The summed E-state index contributed by atoms with van der Waals surface area (Å²) in [5.74, 6) is 0.933. The molecule has 2 aliphatic rings. The van der Waals surface area contributed by atoms with Gasteiger partial charge in [0.1, 0.15) is 11.5 Å². The van der Waals surface area contributed by atoms with Crippen molar-refractivity contribution in [1.29, 1.82) is 0 Å². The first-order valence-corrected chi connectivity index (χ1v) is 16.1. The lowest BCUT2D eigenvalue weighted by Crippen LogP contribution is -2.49. The van der Waals surface area contributed by atoms with E-state index < -0.39 is 5.82 Å². The van der Waals surface area contributed by atoms with E-state index in [4.69, 9.17) is 9.47 Å². The van der Waals surface area contributed by atoms with Crippen LogP contribution in [-0.4, -0.2) is 105 Å². The highest BCUT2D eigenvalue weighted by molar-refractivity contribution is 6.05. The number of aromatic nitrogens is 6. The van der Waals surface area contributed by atoms with Crippen molar-refractivity contribution in [3.05, 3.63) is 84.2 Å². The van der Waals surface area contributed by atoms with Gasteiger partial charge in [0.05, 0.1) is 32.5 Å². The van der Waals surface area contributed by atoms with E-state index in [2.05, 4.69) is 30.2 Å². The summed E-state index contributed by atoms with van der Waals surface area (Å²) in [5, 5.41) is 8.26. The first-order valence-electron chi connectivity index (χ1n) is 16.1. The average Bonchev–Trinajstić information content (AvgIpc) is 3.85. The number of rotatable bonds is 9. The number of nitrogens with one attached hydrogen (secondary N) is 1. The lowest BCUT2D eigenvalue weighted by atomic mass is 9.93. The molecule has 7 rings (SSSR count). The Morgan fingerprint density at radius 1 is 0.959 bits per heavy atom. The predicted molar refractivity (Wildman–Crippen MR) is 183 cm³/mol. The van der Waals surface area contributed by atoms with E-state index in [-0.39, 0.29) is 37.4 Å². The number of carbonyl (C=O) groups excluding carboxylic acids is 2. The lowest BCUT2D eigenvalue weighted by molar-refractivity contribution is -0.131. The molecule has 6 heterocycles. The van der Waals surface area contributed by atoms with Crippen LogP contribution in [0.25, 0.3) is 27.6 Å². The number of carbonyl (C=O) groups is 2. The maximum Gasteiger partial charge on any atom is 0.270 e. The molecule has 14 heteroatoms. The number of ether oxygens (including phenoxy) is 2. The van der Waals surface area contributed by atoms with Crippen LogP contribution in [0.2, 0.25) is 0 Å². The highest BCUT2D eigenvalue weighted by Crippen LogP contribution is 2.39. The van der Waals surface area contributed by atoms with E-state index in [1.807, 2.05) is 24.3 Å². The van der Waals surface area contributed by atoms with Crippen LogP contribution < -0.4 is 14.4 Å². The molecule has 2 amide bonds. The molecule has 4 aromatic heterocycles. The van der Waals surface area contributed by atoms with Crippen LogP contribution in [0.4, 0.5) is 10.2 Å². The van der Waals surface area contributed by atoms with E-state index in [0.29, 0.717) is 85.1 Å². The number of hydrogen-bond acceptors (Lipinski definition) is 9. The van der Waals surface area contributed by atoms with Gasteiger partial charge >= 0.3 is 0 Å². The molecule has 0 unspecified atom stereocenters. The van der Waals surface area contributed by atoms with E-state index in [0.717, 1.165) is 5.82 Å². The van der Waals surface area contributed by atoms with Crippen molar-refractivity contribution in [2.45, 2.75) is 19.4 Å². The summed E-state index contributed by atoms with van der Waals surface area (Å²) in [6.45, 7) is 3.31. The minimum atomic E-state index is -0.488. The van der Waals surface area contributed by atoms with E-state index >= 15 is 4.39 Å². The van der Waals surface area contributed by atoms with Gasteiger partial charge in [0, 0.05) is 82.1 Å². The number of fused-ring (bicyclic) bond motifs is 1. The molecular weight excluding hydrogens is 629 g/mol. The van der Waals surface area contributed by atoms with Crippen molar-refractivity contribution in [3.63, 3.8) is 0 Å². The van der Waals surface area contributed by atoms with Gasteiger partial charge in [0.25, 0.3) is 5.91 Å². The molecule has 0 saturated carbocycles. The number of piperazine rings is 1.